The van der Waals surface area contributed by atoms with Crippen LogP contribution in [0.1, 0.15) is 55.2 Å². The standard InChI is InChI=1S/C43H60ClN7O7/c1-30-26-31(27-36(44)40(30)45)28-38(58-43(55)50-17-11-35(12-18-50)51-19-10-34-4-2-3-5-37(34)46-42(51)54)41(53)49-15-8-33(9-16-49)32-6-13-48(14-7-32)29-39(52)57-25-22-47-20-23-56-24-21-47/h2-5,26-27,32-33,35,38H,6-25,28-29,45H2,1H3,(H,46,54)/t38-/m1/s1. The van der Waals surface area contributed by atoms with Crippen molar-refractivity contribution < 1.29 is 33.4 Å². The number of hydrogen-bond donors (Lipinski definition) is 2. The van der Waals surface area contributed by atoms with Crippen molar-refractivity contribution in [3.8, 4) is 0 Å². The molecule has 4 amide bonds. The number of para-hydroxylation sites is 1. The number of nitrogens with one attached hydrogen (secondary N) is 1. The van der Waals surface area contributed by atoms with Crippen molar-refractivity contribution in [3.05, 3.63) is 58.1 Å². The molecule has 5 aliphatic heterocycles. The van der Waals surface area contributed by atoms with Gasteiger partial charge in [0.25, 0.3) is 5.91 Å². The van der Waals surface area contributed by atoms with E-state index in [0.29, 0.717) is 81.3 Å². The van der Waals surface area contributed by atoms with Crippen LogP contribution in [0.15, 0.2) is 36.4 Å². The van der Waals surface area contributed by atoms with Gasteiger partial charge in [-0.25, -0.2) is 9.59 Å². The van der Waals surface area contributed by atoms with Gasteiger partial charge in [0, 0.05) is 70.5 Å². The smallest absolute Gasteiger partial charge is 0.410 e. The number of piperidine rings is 3. The number of anilines is 2. The summed E-state index contributed by atoms with van der Waals surface area (Å²) >= 11 is 6.45. The van der Waals surface area contributed by atoms with E-state index in [9.17, 15) is 19.2 Å². The van der Waals surface area contributed by atoms with Gasteiger partial charge < -0.3 is 40.0 Å². The van der Waals surface area contributed by atoms with Crippen LogP contribution in [0.2, 0.25) is 5.02 Å². The first-order valence-corrected chi connectivity index (χ1v) is 21.6. The second-order valence-corrected chi connectivity index (χ2v) is 17.0. The Morgan fingerprint density at radius 1 is 0.879 bits per heavy atom. The predicted octanol–water partition coefficient (Wildman–Crippen LogP) is 4.66. The summed E-state index contributed by atoms with van der Waals surface area (Å²) < 4.78 is 17.0. The number of nitrogen functional groups attached to an aromatic ring is 1. The first kappa shape index (κ1) is 42.0. The molecule has 0 unspecified atom stereocenters. The van der Waals surface area contributed by atoms with Gasteiger partial charge in [-0.1, -0.05) is 35.9 Å². The summed E-state index contributed by atoms with van der Waals surface area (Å²) in [7, 11) is 0. The number of fused-ring (bicyclic) bond motifs is 1. The molecule has 15 heteroatoms. The molecule has 4 saturated heterocycles. The molecule has 2 aromatic rings. The Balaban J connectivity index is 0.892. The quantitative estimate of drug-likeness (QED) is 0.242. The van der Waals surface area contributed by atoms with E-state index in [2.05, 4.69) is 15.1 Å². The maximum Gasteiger partial charge on any atom is 0.410 e. The number of ether oxygens (including phenoxy) is 3. The number of nitrogens with zero attached hydrogens (tertiary/aromatic N) is 5. The molecule has 0 radical (unpaired) electrons. The lowest BCUT2D eigenvalue weighted by molar-refractivity contribution is -0.146. The minimum atomic E-state index is -1.02. The lowest BCUT2D eigenvalue weighted by atomic mass is 9.78. The Labute approximate surface area is 347 Å². The number of morpholine rings is 1. The molecule has 0 spiro atoms. The van der Waals surface area contributed by atoms with Crippen molar-refractivity contribution in [1.82, 2.24) is 24.5 Å². The van der Waals surface area contributed by atoms with Crippen LogP contribution in [-0.4, -0.2) is 152 Å². The number of urea groups is 1. The van der Waals surface area contributed by atoms with Gasteiger partial charge >= 0.3 is 18.1 Å². The average Bonchev–Trinajstić information content (AvgIpc) is 3.41. The van der Waals surface area contributed by atoms with Crippen molar-refractivity contribution in [2.75, 3.05) is 103 Å². The van der Waals surface area contributed by atoms with E-state index in [1.54, 1.807) is 11.0 Å². The van der Waals surface area contributed by atoms with Crippen LogP contribution >= 0.6 is 11.6 Å². The molecule has 0 aromatic heterocycles. The Morgan fingerprint density at radius 2 is 1.55 bits per heavy atom. The Bertz CT molecular complexity index is 1730. The SMILES string of the molecule is Cc1cc(C[C@@H](OC(=O)N2CCC(N3CCc4ccccc4NC3=O)CC2)C(=O)N2CCC(C3CCN(CC(=O)OCCN4CCOCC4)CC3)CC2)cc(Cl)c1N. The summed E-state index contributed by atoms with van der Waals surface area (Å²) in [5, 5.41) is 3.46. The number of halogens is 1. The first-order valence-electron chi connectivity index (χ1n) is 21.2. The van der Waals surface area contributed by atoms with Gasteiger partial charge in [-0.15, -0.1) is 0 Å². The van der Waals surface area contributed by atoms with Gasteiger partial charge in [-0.3, -0.25) is 19.4 Å². The van der Waals surface area contributed by atoms with Gasteiger partial charge in [0.05, 0.1) is 30.5 Å². The van der Waals surface area contributed by atoms with Crippen LogP contribution < -0.4 is 11.1 Å². The van der Waals surface area contributed by atoms with Gasteiger partial charge in [0.2, 0.25) is 0 Å². The highest BCUT2D eigenvalue weighted by Crippen LogP contribution is 2.34. The van der Waals surface area contributed by atoms with Crippen molar-refractivity contribution in [2.45, 2.75) is 70.4 Å². The average molecular weight is 822 g/mol. The van der Waals surface area contributed by atoms with E-state index in [1.165, 1.54) is 0 Å². The minimum Gasteiger partial charge on any atom is -0.463 e. The Hall–Kier alpha value is -4.11. The van der Waals surface area contributed by atoms with Crippen molar-refractivity contribution in [2.24, 2.45) is 11.8 Å². The van der Waals surface area contributed by atoms with Crippen LogP contribution in [0.3, 0.4) is 0 Å². The highest BCUT2D eigenvalue weighted by molar-refractivity contribution is 6.33. The fourth-order valence-corrected chi connectivity index (χ4v) is 9.64. The zero-order valence-corrected chi connectivity index (χ0v) is 34.6. The Kier molecular flexibility index (Phi) is 14.3. The molecule has 2 aromatic carbocycles. The molecule has 58 heavy (non-hydrogen) atoms. The van der Waals surface area contributed by atoms with Crippen LogP contribution in [0.4, 0.5) is 21.0 Å². The molecule has 7 rings (SSSR count). The van der Waals surface area contributed by atoms with Crippen molar-refractivity contribution in [1.29, 1.82) is 0 Å². The van der Waals surface area contributed by atoms with Crippen LogP contribution in [0, 0.1) is 18.8 Å². The van der Waals surface area contributed by atoms with Crippen LogP contribution in [-0.2, 0) is 36.6 Å². The third-order valence-electron chi connectivity index (χ3n) is 12.9. The van der Waals surface area contributed by atoms with E-state index in [0.717, 1.165) is 100 Å². The largest absolute Gasteiger partial charge is 0.463 e. The molecule has 14 nitrogen and oxygen atoms in total. The fraction of sp³-hybridized carbons (Fsp3) is 0.628. The summed E-state index contributed by atoms with van der Waals surface area (Å²) in [6.45, 7) is 11.0. The molecule has 5 aliphatic rings. The maximum atomic E-state index is 14.2. The molecular weight excluding hydrogens is 762 g/mol. The third-order valence-corrected chi connectivity index (χ3v) is 13.2. The summed E-state index contributed by atoms with van der Waals surface area (Å²) in [5.41, 5.74) is 10.2. The summed E-state index contributed by atoms with van der Waals surface area (Å²) in [6, 6.07) is 11.4. The number of aryl methyl sites for hydroxylation is 1. The van der Waals surface area contributed by atoms with Gasteiger partial charge in [0.15, 0.2) is 6.10 Å². The zero-order valence-electron chi connectivity index (χ0n) is 33.9. The second-order valence-electron chi connectivity index (χ2n) is 16.6. The monoisotopic (exact) mass is 821 g/mol. The number of rotatable bonds is 11. The molecular formula is C43H60ClN7O7. The highest BCUT2D eigenvalue weighted by Gasteiger charge is 2.37. The van der Waals surface area contributed by atoms with E-state index < -0.39 is 12.2 Å². The predicted molar refractivity (Wildman–Crippen MR) is 222 cm³/mol. The summed E-state index contributed by atoms with van der Waals surface area (Å²) in [4.78, 5) is 63.5. The number of benzene rings is 2. The second kappa shape index (κ2) is 19.8. The fourth-order valence-electron chi connectivity index (χ4n) is 9.35. The molecule has 0 aliphatic carbocycles. The summed E-state index contributed by atoms with van der Waals surface area (Å²) in [6.07, 6.45) is 4.45. The minimum absolute atomic E-state index is 0.00327. The van der Waals surface area contributed by atoms with Crippen molar-refractivity contribution in [3.63, 3.8) is 0 Å². The van der Waals surface area contributed by atoms with Crippen molar-refractivity contribution >= 4 is 47.0 Å². The highest BCUT2D eigenvalue weighted by atomic mass is 35.5. The number of amides is 4. The van der Waals surface area contributed by atoms with E-state index in [-0.39, 0.29) is 30.4 Å². The molecule has 5 heterocycles. The molecule has 1 atom stereocenters. The van der Waals surface area contributed by atoms with Crippen LogP contribution in [0.5, 0.6) is 0 Å². The molecule has 4 fully saturated rings. The lowest BCUT2D eigenvalue weighted by Gasteiger charge is -2.41. The number of carbonyl (C=O) groups excluding carboxylic acids is 4. The number of likely N-dealkylation sites (tertiary alicyclic amines) is 3. The lowest BCUT2D eigenvalue weighted by Crippen LogP contribution is -2.52. The number of nitrogens with two attached hydrogens (primary N) is 1. The normalized spacial score (nSPS) is 21.2. The maximum absolute atomic E-state index is 14.2. The Morgan fingerprint density at radius 3 is 2.26 bits per heavy atom. The number of carbonyl (C=O) groups is 4. The van der Waals surface area contributed by atoms with Gasteiger partial charge in [0.1, 0.15) is 6.61 Å². The zero-order chi connectivity index (χ0) is 40.6. The first-order chi connectivity index (χ1) is 28.1. The molecule has 0 saturated carbocycles. The third kappa shape index (κ3) is 10.7. The van der Waals surface area contributed by atoms with Gasteiger partial charge in [-0.2, -0.15) is 0 Å². The van der Waals surface area contributed by atoms with Crippen LogP contribution in [0.25, 0.3) is 0 Å². The number of esters is 1. The molecule has 3 N–H and O–H groups in total. The van der Waals surface area contributed by atoms with E-state index >= 15 is 0 Å². The van der Waals surface area contributed by atoms with E-state index in [1.807, 2.05) is 47.1 Å². The number of hydrogen-bond acceptors (Lipinski definition) is 10. The van der Waals surface area contributed by atoms with Gasteiger partial charge in [-0.05, 0) is 106 Å². The molecule has 0 bridgehead atoms. The summed E-state index contributed by atoms with van der Waals surface area (Å²) in [5.74, 6) is 0.671. The molecule has 316 valence electrons. The van der Waals surface area contributed by atoms with E-state index in [4.69, 9.17) is 31.5 Å². The topological polar surface area (TPSA) is 150 Å².